The monoisotopic (exact) mass is 275 g/mol. The summed E-state index contributed by atoms with van der Waals surface area (Å²) in [5.41, 5.74) is 0. The Hall–Kier alpha value is -2.22. The molecular formula is C11H11F2NO5. The van der Waals surface area contributed by atoms with Crippen LogP contribution in [-0.4, -0.2) is 41.3 Å². The molecule has 0 heterocycles. The predicted molar refractivity (Wildman–Crippen MR) is 58.5 cm³/mol. The highest BCUT2D eigenvalue weighted by Gasteiger charge is 2.14. The number of carbonyl (C=O) groups excluding carboxylic acids is 1. The molecule has 1 aromatic rings. The normalized spacial score (nSPS) is 11.7. The number of nitrogens with one attached hydrogen (secondary N) is 1. The van der Waals surface area contributed by atoms with E-state index in [1.807, 2.05) is 0 Å². The van der Waals surface area contributed by atoms with Crippen molar-refractivity contribution in [2.75, 3.05) is 13.2 Å². The number of hydrogen-bond donors (Lipinski definition) is 3. The average Bonchev–Trinajstić information content (AvgIpc) is 2.34. The number of aliphatic hydroxyl groups excluding tert-OH is 1. The topological polar surface area (TPSA) is 95.9 Å². The van der Waals surface area contributed by atoms with Crippen LogP contribution < -0.4 is 10.1 Å². The number of carboxylic acids is 1. The van der Waals surface area contributed by atoms with Crippen molar-refractivity contribution in [1.29, 1.82) is 0 Å². The van der Waals surface area contributed by atoms with Gasteiger partial charge in [-0.05, 0) is 12.1 Å². The quantitative estimate of drug-likeness (QED) is 0.674. The molecule has 0 bridgehead atoms. The van der Waals surface area contributed by atoms with Crippen molar-refractivity contribution < 1.29 is 33.3 Å². The Morgan fingerprint density at radius 1 is 1.37 bits per heavy atom. The van der Waals surface area contributed by atoms with Crippen LogP contribution in [-0.2, 0) is 9.59 Å². The van der Waals surface area contributed by atoms with Crippen molar-refractivity contribution in [3.8, 4) is 5.75 Å². The largest absolute Gasteiger partial charge is 0.481 e. The predicted octanol–water partition coefficient (Wildman–Crippen LogP) is -0.0947. The van der Waals surface area contributed by atoms with Crippen LogP contribution in [0.15, 0.2) is 18.2 Å². The minimum absolute atomic E-state index is 0.310. The summed E-state index contributed by atoms with van der Waals surface area (Å²) in [7, 11) is 0. The molecule has 0 aliphatic heterocycles. The first kappa shape index (κ1) is 14.8. The fraction of sp³-hybridized carbons (Fsp3) is 0.273. The van der Waals surface area contributed by atoms with E-state index in [1.54, 1.807) is 0 Å². The van der Waals surface area contributed by atoms with Gasteiger partial charge in [0.2, 0.25) is 0 Å². The third-order valence-corrected chi connectivity index (χ3v) is 2.03. The van der Waals surface area contributed by atoms with Crippen molar-refractivity contribution in [3.63, 3.8) is 0 Å². The second kappa shape index (κ2) is 6.64. The van der Waals surface area contributed by atoms with Gasteiger partial charge in [-0.2, -0.15) is 0 Å². The van der Waals surface area contributed by atoms with Gasteiger partial charge in [0.1, 0.15) is 5.82 Å². The Bertz CT molecular complexity index is 480. The molecule has 0 aromatic heterocycles. The number of carboxylic acid groups (broad SMARTS) is 1. The summed E-state index contributed by atoms with van der Waals surface area (Å²) >= 11 is 0. The number of halogens is 2. The number of benzene rings is 1. The number of amides is 1. The van der Waals surface area contributed by atoms with Crippen molar-refractivity contribution >= 4 is 11.9 Å². The SMILES string of the molecule is O=C(COc1ccc(F)cc1F)NC[C@H](O)C(=O)O. The van der Waals surface area contributed by atoms with Crippen LogP contribution in [0.4, 0.5) is 8.78 Å². The van der Waals surface area contributed by atoms with E-state index < -0.39 is 42.8 Å². The Morgan fingerprint density at radius 3 is 2.63 bits per heavy atom. The average molecular weight is 275 g/mol. The van der Waals surface area contributed by atoms with Crippen LogP contribution in [0, 0.1) is 11.6 Å². The minimum atomic E-state index is -1.73. The van der Waals surface area contributed by atoms with Crippen LogP contribution in [0.25, 0.3) is 0 Å². The molecule has 1 atom stereocenters. The third-order valence-electron chi connectivity index (χ3n) is 2.03. The van der Waals surface area contributed by atoms with Crippen LogP contribution >= 0.6 is 0 Å². The van der Waals surface area contributed by atoms with Gasteiger partial charge in [-0.15, -0.1) is 0 Å². The highest BCUT2D eigenvalue weighted by molar-refractivity contribution is 5.79. The standard InChI is InChI=1S/C11H11F2NO5/c12-6-1-2-9(7(13)3-6)19-5-10(16)14-4-8(15)11(17)18/h1-3,8,15H,4-5H2,(H,14,16)(H,17,18)/t8-/m0/s1. The summed E-state index contributed by atoms with van der Waals surface area (Å²) in [5.74, 6) is -4.28. The summed E-state index contributed by atoms with van der Waals surface area (Å²) in [4.78, 5) is 21.4. The summed E-state index contributed by atoms with van der Waals surface area (Å²) in [6.45, 7) is -1.09. The number of rotatable bonds is 6. The maximum Gasteiger partial charge on any atom is 0.334 e. The van der Waals surface area contributed by atoms with E-state index >= 15 is 0 Å². The molecule has 0 fully saturated rings. The Labute approximate surface area is 106 Å². The number of ether oxygens (including phenoxy) is 1. The molecule has 6 nitrogen and oxygen atoms in total. The van der Waals surface area contributed by atoms with E-state index in [2.05, 4.69) is 5.32 Å². The second-order valence-corrected chi connectivity index (χ2v) is 3.52. The molecule has 1 amide bonds. The van der Waals surface area contributed by atoms with Gasteiger partial charge < -0.3 is 20.3 Å². The summed E-state index contributed by atoms with van der Waals surface area (Å²) in [6, 6.07) is 2.58. The zero-order valence-corrected chi connectivity index (χ0v) is 9.60. The van der Waals surface area contributed by atoms with Crippen molar-refractivity contribution in [2.45, 2.75) is 6.10 Å². The number of carbonyl (C=O) groups is 2. The highest BCUT2D eigenvalue weighted by atomic mass is 19.1. The van der Waals surface area contributed by atoms with Crippen molar-refractivity contribution in [1.82, 2.24) is 5.32 Å². The molecule has 0 aliphatic carbocycles. The first-order valence-electron chi connectivity index (χ1n) is 5.15. The van der Waals surface area contributed by atoms with E-state index in [9.17, 15) is 18.4 Å². The second-order valence-electron chi connectivity index (χ2n) is 3.52. The Kier molecular flexibility index (Phi) is 5.19. The molecule has 3 N–H and O–H groups in total. The lowest BCUT2D eigenvalue weighted by atomic mass is 10.3. The Balaban J connectivity index is 2.40. The van der Waals surface area contributed by atoms with Crippen molar-refractivity contribution in [3.05, 3.63) is 29.8 Å². The van der Waals surface area contributed by atoms with Gasteiger partial charge in [-0.25, -0.2) is 13.6 Å². The van der Waals surface area contributed by atoms with Gasteiger partial charge in [0, 0.05) is 6.07 Å². The van der Waals surface area contributed by atoms with E-state index in [4.69, 9.17) is 14.9 Å². The molecule has 104 valence electrons. The van der Waals surface area contributed by atoms with E-state index in [0.29, 0.717) is 6.07 Å². The number of aliphatic carboxylic acids is 1. The van der Waals surface area contributed by atoms with Gasteiger partial charge in [-0.3, -0.25) is 4.79 Å². The van der Waals surface area contributed by atoms with Gasteiger partial charge in [-0.1, -0.05) is 0 Å². The fourth-order valence-corrected chi connectivity index (χ4v) is 1.08. The van der Waals surface area contributed by atoms with Crippen LogP contribution in [0.5, 0.6) is 5.75 Å². The summed E-state index contributed by atoms with van der Waals surface area (Å²) in [5, 5.41) is 19.3. The summed E-state index contributed by atoms with van der Waals surface area (Å²) in [6.07, 6.45) is -1.73. The summed E-state index contributed by atoms with van der Waals surface area (Å²) < 4.78 is 30.4. The van der Waals surface area contributed by atoms with E-state index in [1.165, 1.54) is 0 Å². The molecule has 19 heavy (non-hydrogen) atoms. The number of hydrogen-bond acceptors (Lipinski definition) is 4. The molecule has 1 aromatic carbocycles. The van der Waals surface area contributed by atoms with E-state index in [0.717, 1.165) is 12.1 Å². The third kappa shape index (κ3) is 4.88. The van der Waals surface area contributed by atoms with Gasteiger partial charge in [0.05, 0.1) is 6.54 Å². The first-order valence-corrected chi connectivity index (χ1v) is 5.15. The molecule has 8 heteroatoms. The van der Waals surface area contributed by atoms with Crippen LogP contribution in [0.3, 0.4) is 0 Å². The number of aliphatic hydroxyl groups is 1. The molecule has 0 radical (unpaired) electrons. The van der Waals surface area contributed by atoms with Gasteiger partial charge in [0.15, 0.2) is 24.3 Å². The van der Waals surface area contributed by atoms with Crippen LogP contribution in [0.2, 0.25) is 0 Å². The van der Waals surface area contributed by atoms with Gasteiger partial charge in [0.25, 0.3) is 5.91 Å². The molecule has 0 aliphatic rings. The smallest absolute Gasteiger partial charge is 0.334 e. The maximum atomic E-state index is 13.1. The molecule has 0 unspecified atom stereocenters. The first-order chi connectivity index (χ1) is 8.90. The minimum Gasteiger partial charge on any atom is -0.481 e. The zero-order valence-electron chi connectivity index (χ0n) is 9.60. The lowest BCUT2D eigenvalue weighted by Crippen LogP contribution is -2.38. The lowest BCUT2D eigenvalue weighted by molar-refractivity contribution is -0.146. The van der Waals surface area contributed by atoms with Gasteiger partial charge >= 0.3 is 5.97 Å². The fourth-order valence-electron chi connectivity index (χ4n) is 1.08. The molecular weight excluding hydrogens is 264 g/mol. The molecule has 0 saturated carbocycles. The lowest BCUT2D eigenvalue weighted by Gasteiger charge is -2.09. The van der Waals surface area contributed by atoms with Crippen LogP contribution in [0.1, 0.15) is 0 Å². The molecule has 1 rings (SSSR count). The van der Waals surface area contributed by atoms with Crippen molar-refractivity contribution in [2.24, 2.45) is 0 Å². The van der Waals surface area contributed by atoms with E-state index in [-0.39, 0.29) is 5.75 Å². The zero-order chi connectivity index (χ0) is 14.4. The molecule has 0 spiro atoms. The highest BCUT2D eigenvalue weighted by Crippen LogP contribution is 2.17. The maximum absolute atomic E-state index is 13.1. The molecule has 0 saturated heterocycles. The Morgan fingerprint density at radius 2 is 2.05 bits per heavy atom.